The Labute approximate surface area is 128 Å². The summed E-state index contributed by atoms with van der Waals surface area (Å²) in [7, 11) is 2.19. The predicted octanol–water partition coefficient (Wildman–Crippen LogP) is 0.399. The van der Waals surface area contributed by atoms with Gasteiger partial charge in [0.05, 0.1) is 0 Å². The number of carbonyl (C=O) groups is 1. The molecular weight excluding hydrogens is 264 g/mol. The molecule has 1 amide bonds. The van der Waals surface area contributed by atoms with E-state index in [9.17, 15) is 4.79 Å². The van der Waals surface area contributed by atoms with Gasteiger partial charge in [-0.2, -0.15) is 0 Å². The van der Waals surface area contributed by atoms with Crippen LogP contribution in [0.2, 0.25) is 0 Å². The summed E-state index contributed by atoms with van der Waals surface area (Å²) in [5.74, 6) is 0.311. The van der Waals surface area contributed by atoms with Gasteiger partial charge in [0, 0.05) is 25.2 Å². The lowest BCUT2D eigenvalue weighted by Crippen LogP contribution is -2.65. The summed E-state index contributed by atoms with van der Waals surface area (Å²) >= 11 is 0. The van der Waals surface area contributed by atoms with Crippen LogP contribution in [0.15, 0.2) is 0 Å². The second kappa shape index (κ2) is 5.86. The Bertz CT molecular complexity index is 394. The number of hydrogen-bond acceptors (Lipinski definition) is 4. The van der Waals surface area contributed by atoms with Crippen LogP contribution < -0.4 is 11.1 Å². The van der Waals surface area contributed by atoms with E-state index in [1.807, 2.05) is 0 Å². The number of likely N-dealkylation sites (N-methyl/N-ethyl adjacent to an activating group) is 1. The Kier molecular flexibility index (Phi) is 4.26. The monoisotopic (exact) mass is 294 g/mol. The van der Waals surface area contributed by atoms with Crippen molar-refractivity contribution in [2.75, 3.05) is 33.2 Å². The molecule has 0 radical (unpaired) electrons. The fourth-order valence-electron chi connectivity index (χ4n) is 3.79. The van der Waals surface area contributed by atoms with Crippen molar-refractivity contribution in [3.8, 4) is 0 Å². The maximum absolute atomic E-state index is 12.3. The first-order valence-corrected chi connectivity index (χ1v) is 8.51. The Morgan fingerprint density at radius 3 is 2.57 bits per heavy atom. The number of primary amides is 1. The molecule has 1 aliphatic heterocycles. The minimum absolute atomic E-state index is 0.137. The zero-order chi connectivity index (χ0) is 15.0. The van der Waals surface area contributed by atoms with Crippen LogP contribution in [0.5, 0.6) is 0 Å². The molecular formula is C16H30N4O. The summed E-state index contributed by atoms with van der Waals surface area (Å²) in [6, 6.07) is 0.999. The van der Waals surface area contributed by atoms with Gasteiger partial charge in [0.2, 0.25) is 5.91 Å². The Morgan fingerprint density at radius 1 is 1.29 bits per heavy atom. The van der Waals surface area contributed by atoms with Crippen molar-refractivity contribution in [2.45, 2.75) is 56.7 Å². The zero-order valence-electron chi connectivity index (χ0n) is 13.5. The van der Waals surface area contributed by atoms with Crippen LogP contribution in [0.1, 0.15) is 39.0 Å². The SMILES string of the molecule is CC1CN(C)CCCN1CC(NC1CC1)(C(N)=O)C1CC1. The average Bonchev–Trinajstić information content (AvgIpc) is 3.26. The van der Waals surface area contributed by atoms with Crippen LogP contribution in [0, 0.1) is 5.92 Å². The summed E-state index contributed by atoms with van der Waals surface area (Å²) in [5, 5.41) is 3.64. The predicted molar refractivity (Wildman–Crippen MR) is 84.0 cm³/mol. The molecule has 1 saturated heterocycles. The number of nitrogens with zero attached hydrogens (tertiary/aromatic N) is 2. The van der Waals surface area contributed by atoms with Crippen LogP contribution in [-0.2, 0) is 4.79 Å². The summed E-state index contributed by atoms with van der Waals surface area (Å²) in [4.78, 5) is 17.2. The van der Waals surface area contributed by atoms with E-state index >= 15 is 0 Å². The van der Waals surface area contributed by atoms with E-state index in [1.165, 1.54) is 19.3 Å². The highest BCUT2D eigenvalue weighted by molar-refractivity contribution is 5.86. The van der Waals surface area contributed by atoms with Crippen molar-refractivity contribution in [2.24, 2.45) is 11.7 Å². The van der Waals surface area contributed by atoms with Crippen molar-refractivity contribution in [3.63, 3.8) is 0 Å². The zero-order valence-corrected chi connectivity index (χ0v) is 13.5. The largest absolute Gasteiger partial charge is 0.368 e. The van der Waals surface area contributed by atoms with Gasteiger partial charge in [-0.1, -0.05) is 0 Å². The van der Waals surface area contributed by atoms with E-state index < -0.39 is 5.54 Å². The normalized spacial score (nSPS) is 31.6. The van der Waals surface area contributed by atoms with Gasteiger partial charge < -0.3 is 10.6 Å². The van der Waals surface area contributed by atoms with E-state index in [-0.39, 0.29) is 5.91 Å². The second-order valence-corrected chi connectivity index (χ2v) is 7.46. The molecule has 3 N–H and O–H groups in total. The molecule has 2 aliphatic carbocycles. The van der Waals surface area contributed by atoms with Crippen LogP contribution >= 0.6 is 0 Å². The summed E-state index contributed by atoms with van der Waals surface area (Å²) < 4.78 is 0. The highest BCUT2D eigenvalue weighted by Crippen LogP contribution is 2.42. The molecule has 0 aromatic heterocycles. The maximum atomic E-state index is 12.3. The Hall–Kier alpha value is -0.650. The third kappa shape index (κ3) is 3.41. The number of nitrogens with one attached hydrogen (secondary N) is 1. The number of carbonyl (C=O) groups excluding carboxylic acids is 1. The van der Waals surface area contributed by atoms with Gasteiger partial charge >= 0.3 is 0 Å². The number of rotatable bonds is 6. The van der Waals surface area contributed by atoms with Crippen LogP contribution in [-0.4, -0.2) is 66.6 Å². The molecule has 0 spiro atoms. The molecule has 5 nitrogen and oxygen atoms in total. The molecule has 0 bridgehead atoms. The molecule has 21 heavy (non-hydrogen) atoms. The minimum atomic E-state index is -0.488. The first kappa shape index (κ1) is 15.3. The number of hydrogen-bond donors (Lipinski definition) is 2. The van der Waals surface area contributed by atoms with E-state index in [1.54, 1.807) is 0 Å². The fourth-order valence-corrected chi connectivity index (χ4v) is 3.79. The number of nitrogens with two attached hydrogens (primary N) is 1. The molecule has 2 saturated carbocycles. The summed E-state index contributed by atoms with van der Waals surface area (Å²) in [5.41, 5.74) is 5.39. The molecule has 0 aromatic carbocycles. The molecule has 120 valence electrons. The molecule has 3 rings (SSSR count). The van der Waals surface area contributed by atoms with Gasteiger partial charge in [0.1, 0.15) is 5.54 Å². The topological polar surface area (TPSA) is 61.6 Å². The minimum Gasteiger partial charge on any atom is -0.368 e. The third-order valence-electron chi connectivity index (χ3n) is 5.39. The molecule has 2 unspecified atom stereocenters. The van der Waals surface area contributed by atoms with Gasteiger partial charge in [0.25, 0.3) is 0 Å². The van der Waals surface area contributed by atoms with E-state index in [0.717, 1.165) is 39.0 Å². The van der Waals surface area contributed by atoms with E-state index in [2.05, 4.69) is 29.1 Å². The fraction of sp³-hybridized carbons (Fsp3) is 0.938. The van der Waals surface area contributed by atoms with Crippen molar-refractivity contribution < 1.29 is 4.79 Å². The smallest absolute Gasteiger partial charge is 0.239 e. The lowest BCUT2D eigenvalue weighted by molar-refractivity contribution is -0.126. The molecule has 3 aliphatic rings. The standard InChI is InChI=1S/C16H30N4O/c1-12-10-19(2)8-3-9-20(12)11-16(15(17)21,13-4-5-13)18-14-6-7-14/h12-14,18H,3-11H2,1-2H3,(H2,17,21). The van der Waals surface area contributed by atoms with Crippen LogP contribution in [0.4, 0.5) is 0 Å². The molecule has 3 fully saturated rings. The summed E-state index contributed by atoms with van der Waals surface area (Å²) in [6.07, 6.45) is 5.85. The van der Waals surface area contributed by atoms with E-state index in [0.29, 0.717) is 18.0 Å². The van der Waals surface area contributed by atoms with Crippen LogP contribution in [0.3, 0.4) is 0 Å². The van der Waals surface area contributed by atoms with Gasteiger partial charge in [0.15, 0.2) is 0 Å². The third-order valence-corrected chi connectivity index (χ3v) is 5.39. The molecule has 0 aromatic rings. The lowest BCUT2D eigenvalue weighted by Gasteiger charge is -2.39. The van der Waals surface area contributed by atoms with Crippen molar-refractivity contribution in [1.82, 2.24) is 15.1 Å². The first-order valence-electron chi connectivity index (χ1n) is 8.51. The lowest BCUT2D eigenvalue weighted by atomic mass is 9.90. The van der Waals surface area contributed by atoms with Gasteiger partial charge in [-0.25, -0.2) is 0 Å². The highest BCUT2D eigenvalue weighted by Gasteiger charge is 2.53. The van der Waals surface area contributed by atoms with Gasteiger partial charge in [-0.3, -0.25) is 15.0 Å². The molecule has 1 heterocycles. The number of amides is 1. The highest BCUT2D eigenvalue weighted by atomic mass is 16.1. The van der Waals surface area contributed by atoms with Gasteiger partial charge in [-0.05, 0) is 65.1 Å². The molecule has 5 heteroatoms. The van der Waals surface area contributed by atoms with Crippen molar-refractivity contribution in [3.05, 3.63) is 0 Å². The Morgan fingerprint density at radius 2 is 2.00 bits per heavy atom. The van der Waals surface area contributed by atoms with Crippen molar-refractivity contribution >= 4 is 5.91 Å². The van der Waals surface area contributed by atoms with Crippen molar-refractivity contribution in [1.29, 1.82) is 0 Å². The van der Waals surface area contributed by atoms with E-state index in [4.69, 9.17) is 5.73 Å². The second-order valence-electron chi connectivity index (χ2n) is 7.46. The first-order chi connectivity index (χ1) is 10.0. The summed E-state index contributed by atoms with van der Waals surface area (Å²) in [6.45, 7) is 6.35. The quantitative estimate of drug-likeness (QED) is 0.744. The average molecular weight is 294 g/mol. The molecule has 2 atom stereocenters. The van der Waals surface area contributed by atoms with Crippen LogP contribution in [0.25, 0.3) is 0 Å². The Balaban J connectivity index is 1.74. The maximum Gasteiger partial charge on any atom is 0.239 e. The van der Waals surface area contributed by atoms with Gasteiger partial charge in [-0.15, -0.1) is 0 Å².